The number of nitrogens with one attached hydrogen (secondary N) is 3. The van der Waals surface area contributed by atoms with Crippen LogP contribution in [0.15, 0.2) is 29.2 Å². The second-order valence-electron chi connectivity index (χ2n) is 9.12. The van der Waals surface area contributed by atoms with Crippen molar-refractivity contribution in [3.8, 4) is 5.69 Å². The van der Waals surface area contributed by atoms with E-state index >= 15 is 0 Å². The van der Waals surface area contributed by atoms with E-state index in [-0.39, 0.29) is 41.9 Å². The van der Waals surface area contributed by atoms with E-state index < -0.39 is 11.9 Å². The van der Waals surface area contributed by atoms with Crippen molar-refractivity contribution < 1.29 is 19.2 Å². The van der Waals surface area contributed by atoms with Gasteiger partial charge >= 0.3 is 0 Å². The summed E-state index contributed by atoms with van der Waals surface area (Å²) in [6, 6.07) is 4.47. The van der Waals surface area contributed by atoms with Crippen LogP contribution < -0.4 is 10.9 Å². The molecule has 184 valence electrons. The van der Waals surface area contributed by atoms with Gasteiger partial charge in [0, 0.05) is 49.3 Å². The topological polar surface area (TPSA) is 166 Å². The molecule has 0 spiro atoms. The van der Waals surface area contributed by atoms with Gasteiger partial charge in [0.05, 0.1) is 11.9 Å². The molecule has 0 radical (unpaired) electrons. The number of benzene rings is 1. The quantitative estimate of drug-likeness (QED) is 0.408. The van der Waals surface area contributed by atoms with Crippen molar-refractivity contribution in [1.82, 2.24) is 40.3 Å². The maximum atomic E-state index is 13.1. The van der Waals surface area contributed by atoms with Crippen molar-refractivity contribution in [2.45, 2.75) is 38.3 Å². The first-order valence-corrected chi connectivity index (χ1v) is 11.7. The second kappa shape index (κ2) is 8.29. The van der Waals surface area contributed by atoms with Gasteiger partial charge in [-0.25, -0.2) is 4.68 Å². The number of hydrogen-bond acceptors (Lipinski definition) is 7. The average Bonchev–Trinajstić information content (AvgIpc) is 3.53. The molecule has 0 saturated carbocycles. The number of amides is 4. The predicted octanol–water partition coefficient (Wildman–Crippen LogP) is -0.714. The molecule has 6 rings (SSSR count). The number of rotatable bonds is 3. The van der Waals surface area contributed by atoms with Gasteiger partial charge in [0.25, 0.3) is 17.4 Å². The van der Waals surface area contributed by atoms with Gasteiger partial charge < -0.3 is 14.9 Å². The third-order valence-electron chi connectivity index (χ3n) is 7.00. The number of imide groups is 1. The van der Waals surface area contributed by atoms with Crippen LogP contribution in [0.2, 0.25) is 0 Å². The minimum Gasteiger partial charge on any atom is -0.336 e. The van der Waals surface area contributed by atoms with Crippen LogP contribution in [0.5, 0.6) is 0 Å². The second-order valence-corrected chi connectivity index (χ2v) is 9.12. The first kappa shape index (κ1) is 21.9. The zero-order valence-corrected chi connectivity index (χ0v) is 19.1. The van der Waals surface area contributed by atoms with Crippen molar-refractivity contribution in [1.29, 1.82) is 0 Å². The number of hydrogen-bond donors (Lipinski definition) is 3. The van der Waals surface area contributed by atoms with E-state index in [1.54, 1.807) is 23.1 Å². The Bertz CT molecular complexity index is 1480. The lowest BCUT2D eigenvalue weighted by Gasteiger charge is -2.29. The molecule has 1 saturated heterocycles. The molecule has 1 unspecified atom stereocenters. The van der Waals surface area contributed by atoms with Crippen molar-refractivity contribution in [2.24, 2.45) is 0 Å². The van der Waals surface area contributed by atoms with Crippen LogP contribution in [0.25, 0.3) is 5.69 Å². The fraction of sp³-hybridized carbons (Fsp3) is 0.348. The summed E-state index contributed by atoms with van der Waals surface area (Å²) in [4.78, 5) is 64.7. The van der Waals surface area contributed by atoms with Crippen LogP contribution in [0, 0.1) is 0 Å². The van der Waals surface area contributed by atoms with E-state index in [0.717, 1.165) is 11.3 Å². The maximum absolute atomic E-state index is 13.1. The van der Waals surface area contributed by atoms with Crippen molar-refractivity contribution in [2.75, 3.05) is 13.1 Å². The predicted molar refractivity (Wildman–Crippen MR) is 122 cm³/mol. The molecular formula is C23H22N8O5. The molecule has 13 heteroatoms. The Labute approximate surface area is 203 Å². The summed E-state index contributed by atoms with van der Waals surface area (Å²) < 4.78 is 1.47. The highest BCUT2D eigenvalue weighted by Crippen LogP contribution is 2.29. The molecule has 3 N–H and O–H groups in total. The van der Waals surface area contributed by atoms with Gasteiger partial charge in [-0.05, 0) is 36.6 Å². The molecular weight excluding hydrogens is 468 g/mol. The zero-order valence-electron chi connectivity index (χ0n) is 19.1. The van der Waals surface area contributed by atoms with Crippen molar-refractivity contribution >= 4 is 23.6 Å². The summed E-state index contributed by atoms with van der Waals surface area (Å²) in [6.45, 7) is 1.09. The van der Waals surface area contributed by atoms with E-state index in [1.165, 1.54) is 15.8 Å². The lowest BCUT2D eigenvalue weighted by atomic mass is 10.0. The largest absolute Gasteiger partial charge is 0.336 e. The summed E-state index contributed by atoms with van der Waals surface area (Å²) >= 11 is 0. The highest BCUT2D eigenvalue weighted by Gasteiger charge is 2.39. The molecule has 0 bridgehead atoms. The average molecular weight is 490 g/mol. The molecule has 13 nitrogen and oxygen atoms in total. The van der Waals surface area contributed by atoms with E-state index in [2.05, 4.69) is 25.8 Å². The van der Waals surface area contributed by atoms with Crippen LogP contribution >= 0.6 is 0 Å². The number of nitrogens with zero attached hydrogens (tertiary/aromatic N) is 5. The number of carbonyl (C=O) groups is 4. The Morgan fingerprint density at radius 2 is 1.86 bits per heavy atom. The lowest BCUT2D eigenvalue weighted by molar-refractivity contribution is -0.136. The first-order valence-electron chi connectivity index (χ1n) is 11.7. The Balaban J connectivity index is 1.18. The van der Waals surface area contributed by atoms with Crippen LogP contribution in [0.3, 0.4) is 0 Å². The molecule has 36 heavy (non-hydrogen) atoms. The fourth-order valence-corrected chi connectivity index (χ4v) is 5.06. The van der Waals surface area contributed by atoms with E-state index in [0.29, 0.717) is 49.2 Å². The van der Waals surface area contributed by atoms with Gasteiger partial charge in [-0.3, -0.25) is 34.4 Å². The molecule has 1 atom stereocenters. The number of aromatic amines is 2. The Morgan fingerprint density at radius 3 is 2.69 bits per heavy atom. The molecule has 2 aromatic heterocycles. The summed E-state index contributed by atoms with van der Waals surface area (Å²) in [7, 11) is 0. The Morgan fingerprint density at radius 1 is 1.03 bits per heavy atom. The minimum absolute atomic E-state index is 0.156. The molecule has 3 aliphatic rings. The van der Waals surface area contributed by atoms with E-state index in [1.807, 2.05) is 0 Å². The third kappa shape index (κ3) is 3.59. The lowest BCUT2D eigenvalue weighted by Crippen LogP contribution is -2.52. The minimum atomic E-state index is -0.688. The number of aromatic nitrogens is 5. The highest BCUT2D eigenvalue weighted by atomic mass is 16.2. The monoisotopic (exact) mass is 490 g/mol. The van der Waals surface area contributed by atoms with Crippen molar-refractivity contribution in [3.63, 3.8) is 0 Å². The Hall–Kier alpha value is -4.55. The van der Waals surface area contributed by atoms with Gasteiger partial charge in [-0.15, -0.1) is 5.10 Å². The molecule has 3 aromatic rings. The van der Waals surface area contributed by atoms with Gasteiger partial charge in [-0.1, -0.05) is 5.21 Å². The molecule has 3 aliphatic heterocycles. The molecule has 5 heterocycles. The van der Waals surface area contributed by atoms with Crippen LogP contribution in [-0.4, -0.2) is 77.8 Å². The number of H-pyrrole nitrogens is 2. The SMILES string of the molecule is O=C1CCC(N2Cc3cc(-n4cc(C(=O)N5CCc6[nH][nH]c(=O)c6CC5)nn4)ccc3C2=O)C(=O)N1. The smallest absolute Gasteiger partial charge is 0.276 e. The van der Waals surface area contributed by atoms with Crippen molar-refractivity contribution in [3.05, 3.63) is 62.8 Å². The Kier molecular flexibility index (Phi) is 5.05. The van der Waals surface area contributed by atoms with Crippen LogP contribution in [0.4, 0.5) is 0 Å². The summed E-state index contributed by atoms with van der Waals surface area (Å²) in [5.74, 6) is -1.33. The van der Waals surface area contributed by atoms with Gasteiger partial charge in [-0.2, -0.15) is 0 Å². The van der Waals surface area contributed by atoms with Crippen LogP contribution in [0.1, 0.15) is 50.5 Å². The number of piperidine rings is 1. The number of carbonyl (C=O) groups excluding carboxylic acids is 4. The molecule has 1 fully saturated rings. The number of fused-ring (bicyclic) bond motifs is 2. The first-order chi connectivity index (χ1) is 17.4. The molecule has 4 amide bonds. The van der Waals surface area contributed by atoms with Gasteiger partial charge in [0.1, 0.15) is 6.04 Å². The summed E-state index contributed by atoms with van der Waals surface area (Å²) in [5, 5.41) is 15.9. The van der Waals surface area contributed by atoms with E-state index in [9.17, 15) is 24.0 Å². The van der Waals surface area contributed by atoms with Gasteiger partial charge in [0.15, 0.2) is 5.69 Å². The van der Waals surface area contributed by atoms with Crippen LogP contribution in [-0.2, 0) is 29.0 Å². The third-order valence-corrected chi connectivity index (χ3v) is 7.00. The maximum Gasteiger partial charge on any atom is 0.276 e. The summed E-state index contributed by atoms with van der Waals surface area (Å²) in [6.07, 6.45) is 3.02. The normalized spacial score (nSPS) is 19.7. The standard InChI is InChI=1S/C23H22N8O5/c32-19-4-3-18(21(34)24-19)30-10-12-9-13(1-2-14(12)22(30)35)31-11-17(26-28-31)23(36)29-7-5-15-16(6-8-29)25-27-20(15)33/h1-2,9,11,18H,3-8,10H2,(H,24,32,34)(H2,25,27,33). The van der Waals surface area contributed by atoms with E-state index in [4.69, 9.17) is 0 Å². The summed E-state index contributed by atoms with van der Waals surface area (Å²) in [5.41, 5.74) is 3.35. The fourth-order valence-electron chi connectivity index (χ4n) is 5.06. The molecule has 1 aromatic carbocycles. The highest BCUT2D eigenvalue weighted by molar-refractivity contribution is 6.05. The van der Waals surface area contributed by atoms with Gasteiger partial charge in [0.2, 0.25) is 11.8 Å². The zero-order chi connectivity index (χ0) is 25.0. The molecule has 0 aliphatic carbocycles.